The number of aromatic hydroxyl groups is 1. The Balaban J connectivity index is 1.94. The Hall–Kier alpha value is -4.90. The lowest BCUT2D eigenvalue weighted by atomic mass is 10.1. The Labute approximate surface area is 216 Å². The van der Waals surface area contributed by atoms with Gasteiger partial charge in [-0.25, -0.2) is 5.43 Å². The van der Waals surface area contributed by atoms with Crippen LogP contribution in [0.4, 0.5) is 5.69 Å². The molecular formula is C25H21ClN4O7. The Morgan fingerprint density at radius 2 is 1.78 bits per heavy atom. The van der Waals surface area contributed by atoms with Crippen LogP contribution in [-0.2, 0) is 4.79 Å². The van der Waals surface area contributed by atoms with E-state index in [1.165, 1.54) is 26.4 Å². The van der Waals surface area contributed by atoms with E-state index in [2.05, 4.69) is 15.8 Å². The van der Waals surface area contributed by atoms with Gasteiger partial charge in [0.15, 0.2) is 0 Å². The molecule has 0 spiro atoms. The number of nitro groups is 1. The molecule has 0 fully saturated rings. The summed E-state index contributed by atoms with van der Waals surface area (Å²) in [6, 6.07) is 15.3. The first-order chi connectivity index (χ1) is 17.7. The second-order valence-electron chi connectivity index (χ2n) is 7.31. The number of phenols is 1. The van der Waals surface area contributed by atoms with Crippen molar-refractivity contribution >= 4 is 41.4 Å². The molecule has 0 unspecified atom stereocenters. The first kappa shape index (κ1) is 26.7. The van der Waals surface area contributed by atoms with Crippen LogP contribution in [0.15, 0.2) is 71.5 Å². The third kappa shape index (κ3) is 6.83. The zero-order valence-corrected chi connectivity index (χ0v) is 20.4. The molecule has 0 bridgehead atoms. The van der Waals surface area contributed by atoms with E-state index in [0.717, 1.165) is 12.3 Å². The first-order valence-electron chi connectivity index (χ1n) is 10.5. The van der Waals surface area contributed by atoms with E-state index in [1.54, 1.807) is 48.5 Å². The highest BCUT2D eigenvalue weighted by Gasteiger charge is 2.19. The van der Waals surface area contributed by atoms with Crippen molar-refractivity contribution < 1.29 is 29.1 Å². The molecule has 0 atom stereocenters. The number of phenolic OH excluding ortho intramolecular Hbond substituents is 1. The summed E-state index contributed by atoms with van der Waals surface area (Å²) in [6.07, 6.45) is 2.35. The fraction of sp³-hybridized carbons (Fsp3) is 0.0800. The predicted octanol–water partition coefficient (Wildman–Crippen LogP) is 3.89. The third-order valence-electron chi connectivity index (χ3n) is 4.92. The lowest BCUT2D eigenvalue weighted by molar-refractivity contribution is -0.385. The molecule has 190 valence electrons. The van der Waals surface area contributed by atoms with Crippen LogP contribution in [0.1, 0.15) is 21.5 Å². The number of benzene rings is 3. The minimum atomic E-state index is -0.832. The number of hydrogen-bond acceptors (Lipinski definition) is 8. The number of nitro benzene ring substituents is 1. The molecule has 0 saturated heterocycles. The van der Waals surface area contributed by atoms with E-state index in [9.17, 15) is 24.8 Å². The summed E-state index contributed by atoms with van der Waals surface area (Å²) >= 11 is 5.87. The number of amides is 2. The number of nitrogens with zero attached hydrogens (tertiary/aromatic N) is 2. The van der Waals surface area contributed by atoms with Crippen LogP contribution < -0.4 is 20.2 Å². The summed E-state index contributed by atoms with van der Waals surface area (Å²) in [5.74, 6) is -1.18. The van der Waals surface area contributed by atoms with E-state index >= 15 is 0 Å². The topological polar surface area (TPSA) is 152 Å². The summed E-state index contributed by atoms with van der Waals surface area (Å²) in [5.41, 5.74) is 2.03. The van der Waals surface area contributed by atoms with Crippen LogP contribution in [0.3, 0.4) is 0 Å². The number of methoxy groups -OCH3 is 2. The van der Waals surface area contributed by atoms with E-state index in [4.69, 9.17) is 21.1 Å². The predicted molar refractivity (Wildman–Crippen MR) is 137 cm³/mol. The van der Waals surface area contributed by atoms with Gasteiger partial charge in [0.2, 0.25) is 5.75 Å². The van der Waals surface area contributed by atoms with E-state index in [-0.39, 0.29) is 16.3 Å². The summed E-state index contributed by atoms with van der Waals surface area (Å²) in [7, 11) is 2.92. The second kappa shape index (κ2) is 12.2. The van der Waals surface area contributed by atoms with Crippen molar-refractivity contribution in [1.29, 1.82) is 0 Å². The third-order valence-corrected chi connectivity index (χ3v) is 5.13. The van der Waals surface area contributed by atoms with Crippen molar-refractivity contribution in [3.05, 3.63) is 98.2 Å². The minimum Gasteiger partial charge on any atom is -0.502 e. The zero-order valence-electron chi connectivity index (χ0n) is 19.6. The number of ether oxygens (including phenoxy) is 2. The smallest absolute Gasteiger partial charge is 0.312 e. The molecule has 0 aliphatic carbocycles. The van der Waals surface area contributed by atoms with E-state index in [1.807, 2.05) is 0 Å². The van der Waals surface area contributed by atoms with E-state index < -0.39 is 28.2 Å². The molecule has 3 rings (SSSR count). The summed E-state index contributed by atoms with van der Waals surface area (Å²) in [4.78, 5) is 36.1. The number of rotatable bonds is 9. The van der Waals surface area contributed by atoms with Crippen LogP contribution in [-0.4, -0.2) is 42.3 Å². The van der Waals surface area contributed by atoms with Crippen molar-refractivity contribution in [3.63, 3.8) is 0 Å². The Morgan fingerprint density at radius 1 is 1.05 bits per heavy atom. The summed E-state index contributed by atoms with van der Waals surface area (Å²) in [6.45, 7) is 0. The normalized spacial score (nSPS) is 11.2. The van der Waals surface area contributed by atoms with Crippen LogP contribution in [0, 0.1) is 10.1 Å². The van der Waals surface area contributed by atoms with Crippen LogP contribution in [0.2, 0.25) is 5.02 Å². The van der Waals surface area contributed by atoms with Gasteiger partial charge in [0.05, 0.1) is 25.4 Å². The average Bonchev–Trinajstić information content (AvgIpc) is 2.90. The fourth-order valence-electron chi connectivity index (χ4n) is 3.11. The Kier molecular flexibility index (Phi) is 8.79. The number of halogens is 1. The molecule has 37 heavy (non-hydrogen) atoms. The van der Waals surface area contributed by atoms with Crippen molar-refractivity contribution in [3.8, 4) is 17.2 Å². The number of carbonyl (C=O) groups excluding carboxylic acids is 2. The Bertz CT molecular complexity index is 1390. The highest BCUT2D eigenvalue weighted by Crippen LogP contribution is 2.32. The van der Waals surface area contributed by atoms with Gasteiger partial charge in [-0.1, -0.05) is 29.8 Å². The van der Waals surface area contributed by atoms with Crippen LogP contribution >= 0.6 is 11.6 Å². The van der Waals surface area contributed by atoms with Gasteiger partial charge in [-0.05, 0) is 42.5 Å². The maximum atomic E-state index is 13.0. The molecule has 3 aromatic rings. The molecule has 0 radical (unpaired) electrons. The molecule has 0 aliphatic heterocycles. The number of carbonyl (C=O) groups is 2. The quantitative estimate of drug-likeness (QED) is 0.166. The van der Waals surface area contributed by atoms with Crippen LogP contribution in [0.5, 0.6) is 17.2 Å². The SMILES string of the molecule is COc1ccc(OC)c(/C=C(\NC(=O)c2ccccc2)C(=O)N/N=C\c2cc(Cl)cc([N+](=O)[O-])c2O)c1. The number of hydrogen-bond donors (Lipinski definition) is 3. The molecule has 0 aliphatic rings. The summed E-state index contributed by atoms with van der Waals surface area (Å²) < 4.78 is 10.6. The monoisotopic (exact) mass is 524 g/mol. The van der Waals surface area contributed by atoms with Crippen molar-refractivity contribution in [2.45, 2.75) is 0 Å². The molecule has 11 nitrogen and oxygen atoms in total. The molecule has 12 heteroatoms. The van der Waals surface area contributed by atoms with Gasteiger partial charge in [-0.15, -0.1) is 0 Å². The number of nitrogens with one attached hydrogen (secondary N) is 2. The van der Waals surface area contributed by atoms with Gasteiger partial charge in [-0.3, -0.25) is 19.7 Å². The Morgan fingerprint density at radius 3 is 2.43 bits per heavy atom. The van der Waals surface area contributed by atoms with Gasteiger partial charge in [0, 0.05) is 27.8 Å². The standard InChI is InChI=1S/C25H21ClN4O7/c1-36-19-8-9-22(37-2)16(11-19)12-20(28-24(32)15-6-4-3-5-7-15)25(33)29-27-14-17-10-18(26)13-21(23(17)31)30(34)35/h3-14,31H,1-2H3,(H,28,32)(H,29,33)/b20-12-,27-14-. The van der Waals surface area contributed by atoms with Crippen molar-refractivity contribution in [2.24, 2.45) is 5.10 Å². The minimum absolute atomic E-state index is 0.0156. The van der Waals surface area contributed by atoms with Gasteiger partial charge < -0.3 is 19.9 Å². The van der Waals surface area contributed by atoms with E-state index in [0.29, 0.717) is 22.6 Å². The van der Waals surface area contributed by atoms with Gasteiger partial charge in [0.1, 0.15) is 17.2 Å². The molecule has 3 N–H and O–H groups in total. The lowest BCUT2D eigenvalue weighted by Crippen LogP contribution is -2.32. The fourth-order valence-corrected chi connectivity index (χ4v) is 3.33. The molecule has 2 amide bonds. The molecule has 3 aromatic carbocycles. The van der Waals surface area contributed by atoms with Crippen molar-refractivity contribution in [2.75, 3.05) is 14.2 Å². The lowest BCUT2D eigenvalue weighted by Gasteiger charge is -2.12. The highest BCUT2D eigenvalue weighted by atomic mass is 35.5. The number of hydrazone groups is 1. The van der Waals surface area contributed by atoms with Crippen LogP contribution in [0.25, 0.3) is 6.08 Å². The second-order valence-corrected chi connectivity index (χ2v) is 7.74. The maximum absolute atomic E-state index is 13.0. The average molecular weight is 525 g/mol. The largest absolute Gasteiger partial charge is 0.502 e. The van der Waals surface area contributed by atoms with Gasteiger partial charge >= 0.3 is 5.69 Å². The molecule has 0 heterocycles. The van der Waals surface area contributed by atoms with Gasteiger partial charge in [0.25, 0.3) is 11.8 Å². The highest BCUT2D eigenvalue weighted by molar-refractivity contribution is 6.31. The summed E-state index contributed by atoms with van der Waals surface area (Å²) in [5, 5.41) is 27.5. The van der Waals surface area contributed by atoms with Crippen molar-refractivity contribution in [1.82, 2.24) is 10.7 Å². The van der Waals surface area contributed by atoms with Gasteiger partial charge in [-0.2, -0.15) is 5.10 Å². The first-order valence-corrected chi connectivity index (χ1v) is 10.9. The maximum Gasteiger partial charge on any atom is 0.312 e. The molecule has 0 aromatic heterocycles. The molecule has 0 saturated carbocycles. The molecular weight excluding hydrogens is 504 g/mol. The zero-order chi connectivity index (χ0) is 26.9.